The van der Waals surface area contributed by atoms with Gasteiger partial charge >= 0.3 is 6.18 Å². The molecule has 2 rings (SSSR count). The van der Waals surface area contributed by atoms with Gasteiger partial charge in [-0.25, -0.2) is 14.4 Å². The molecule has 1 amide bonds. The van der Waals surface area contributed by atoms with Crippen LogP contribution in [0.15, 0.2) is 24.3 Å². The molecule has 0 saturated carbocycles. The molecule has 0 aliphatic carbocycles. The summed E-state index contributed by atoms with van der Waals surface area (Å²) in [4.78, 5) is 31.8. The van der Waals surface area contributed by atoms with Crippen molar-refractivity contribution in [2.75, 3.05) is 0 Å². The largest absolute Gasteiger partial charge is 0.416 e. The Morgan fingerprint density at radius 3 is 2.48 bits per heavy atom. The minimum atomic E-state index is -4.61. The van der Waals surface area contributed by atoms with Crippen molar-refractivity contribution in [2.45, 2.75) is 39.4 Å². The van der Waals surface area contributed by atoms with Gasteiger partial charge in [-0.2, -0.15) is 13.2 Å². The minimum Gasteiger partial charge on any atom is -0.347 e. The van der Waals surface area contributed by atoms with Crippen molar-refractivity contribution in [2.24, 2.45) is 0 Å². The molecule has 0 atom stereocenters. The van der Waals surface area contributed by atoms with Gasteiger partial charge in [0.25, 0.3) is 5.91 Å². The molecule has 1 aromatic carbocycles. The monoisotopic (exact) mass is 383 g/mol. The number of hydrogen-bond donors (Lipinski definition) is 1. The Kier molecular flexibility index (Phi) is 6.24. The number of carbonyl (C=O) groups is 2. The summed E-state index contributed by atoms with van der Waals surface area (Å²) in [7, 11) is 0. The third kappa shape index (κ3) is 5.57. The number of Topliss-reactive ketones (excluding diaryl/α,β-unsaturated/α-hetero) is 1. The van der Waals surface area contributed by atoms with Crippen LogP contribution in [0.2, 0.25) is 0 Å². The highest BCUT2D eigenvalue weighted by molar-refractivity contribution is 5.92. The first-order valence-corrected chi connectivity index (χ1v) is 8.10. The van der Waals surface area contributed by atoms with Gasteiger partial charge in [0.1, 0.15) is 23.1 Å². The molecule has 0 fully saturated rings. The van der Waals surface area contributed by atoms with E-state index in [0.29, 0.717) is 30.3 Å². The van der Waals surface area contributed by atoms with Gasteiger partial charge < -0.3 is 5.32 Å². The number of benzene rings is 1. The molecule has 0 unspecified atom stereocenters. The van der Waals surface area contributed by atoms with Crippen LogP contribution < -0.4 is 5.32 Å². The zero-order valence-electron chi connectivity index (χ0n) is 14.7. The summed E-state index contributed by atoms with van der Waals surface area (Å²) in [5, 5.41) is 2.33. The molecule has 144 valence electrons. The molecule has 5 nitrogen and oxygen atoms in total. The third-order valence-corrected chi connectivity index (χ3v) is 3.70. The number of alkyl halides is 3. The second-order valence-electron chi connectivity index (χ2n) is 5.87. The number of nitrogens with zero attached hydrogens (tertiary/aromatic N) is 2. The molecular weight excluding hydrogens is 366 g/mol. The normalized spacial score (nSPS) is 11.3. The van der Waals surface area contributed by atoms with Gasteiger partial charge in [-0.3, -0.25) is 9.59 Å². The highest BCUT2D eigenvalue weighted by atomic mass is 19.4. The van der Waals surface area contributed by atoms with Crippen molar-refractivity contribution in [1.82, 2.24) is 15.3 Å². The van der Waals surface area contributed by atoms with Crippen LogP contribution in [-0.4, -0.2) is 21.7 Å². The zero-order chi connectivity index (χ0) is 20.2. The lowest BCUT2D eigenvalue weighted by Gasteiger charge is -2.11. The molecule has 0 spiro atoms. The first-order valence-electron chi connectivity index (χ1n) is 8.10. The molecule has 1 aromatic heterocycles. The summed E-state index contributed by atoms with van der Waals surface area (Å²) in [5.41, 5.74) is -0.898. The van der Waals surface area contributed by atoms with E-state index in [1.807, 2.05) is 0 Å². The molecule has 0 saturated heterocycles. The summed E-state index contributed by atoms with van der Waals surface area (Å²) in [6.07, 6.45) is -4.34. The third-order valence-electron chi connectivity index (χ3n) is 3.70. The van der Waals surface area contributed by atoms with Crippen molar-refractivity contribution in [3.63, 3.8) is 0 Å². The van der Waals surface area contributed by atoms with Crippen molar-refractivity contribution in [1.29, 1.82) is 0 Å². The lowest BCUT2D eigenvalue weighted by molar-refractivity contribution is -0.137. The maximum Gasteiger partial charge on any atom is 0.416 e. The topological polar surface area (TPSA) is 72.0 Å². The smallest absolute Gasteiger partial charge is 0.347 e. The predicted octanol–water partition coefficient (Wildman–Crippen LogP) is 3.39. The van der Waals surface area contributed by atoms with Gasteiger partial charge in [0.2, 0.25) is 0 Å². The van der Waals surface area contributed by atoms with Gasteiger partial charge in [-0.15, -0.1) is 0 Å². The standard InChI is InChI=1S/C18H17F4N3O2/c1-3-13(26)8-16-24-10(2)6-15(25-16)17(27)23-9-11-7-12(18(20,21)22)4-5-14(11)19/h4-7H,3,8-9H2,1-2H3,(H,23,27). The average Bonchev–Trinajstić information content (AvgIpc) is 2.59. The maximum atomic E-state index is 13.7. The second kappa shape index (κ2) is 8.24. The van der Waals surface area contributed by atoms with E-state index in [4.69, 9.17) is 0 Å². The fourth-order valence-electron chi connectivity index (χ4n) is 2.28. The molecule has 9 heteroatoms. The van der Waals surface area contributed by atoms with E-state index in [0.717, 1.165) is 0 Å². The molecule has 2 aromatic rings. The van der Waals surface area contributed by atoms with E-state index in [1.165, 1.54) is 6.07 Å². The van der Waals surface area contributed by atoms with E-state index in [2.05, 4.69) is 15.3 Å². The first-order chi connectivity index (χ1) is 12.6. The van der Waals surface area contributed by atoms with Crippen molar-refractivity contribution < 1.29 is 27.2 Å². The number of halogens is 4. The molecule has 27 heavy (non-hydrogen) atoms. The molecule has 0 radical (unpaired) electrons. The molecule has 0 bridgehead atoms. The number of carbonyl (C=O) groups excluding carboxylic acids is 2. The Bertz CT molecular complexity index is 866. The van der Waals surface area contributed by atoms with E-state index < -0.39 is 30.0 Å². The van der Waals surface area contributed by atoms with E-state index in [9.17, 15) is 27.2 Å². The lowest BCUT2D eigenvalue weighted by atomic mass is 10.1. The Labute approximate surface area is 152 Å². The molecule has 1 N–H and O–H groups in total. The van der Waals surface area contributed by atoms with Gasteiger partial charge in [0.15, 0.2) is 0 Å². The molecule has 0 aliphatic heterocycles. The zero-order valence-corrected chi connectivity index (χ0v) is 14.7. The number of rotatable bonds is 6. The quantitative estimate of drug-likeness (QED) is 0.776. The highest BCUT2D eigenvalue weighted by Crippen LogP contribution is 2.30. The lowest BCUT2D eigenvalue weighted by Crippen LogP contribution is -2.25. The molecule has 1 heterocycles. The minimum absolute atomic E-state index is 0.0271. The SMILES string of the molecule is CCC(=O)Cc1nc(C)cc(C(=O)NCc2cc(C(F)(F)F)ccc2F)n1. The Morgan fingerprint density at radius 1 is 1.15 bits per heavy atom. The van der Waals surface area contributed by atoms with Gasteiger partial charge in [-0.1, -0.05) is 6.92 Å². The van der Waals surface area contributed by atoms with Crippen LogP contribution in [0, 0.1) is 12.7 Å². The number of hydrogen-bond acceptors (Lipinski definition) is 4. The number of amides is 1. The number of aromatic nitrogens is 2. The van der Waals surface area contributed by atoms with Crippen LogP contribution in [0.25, 0.3) is 0 Å². The van der Waals surface area contributed by atoms with E-state index in [-0.39, 0.29) is 29.3 Å². The van der Waals surface area contributed by atoms with Gasteiger partial charge in [-0.05, 0) is 31.2 Å². The van der Waals surface area contributed by atoms with Crippen molar-refractivity contribution in [3.8, 4) is 0 Å². The van der Waals surface area contributed by atoms with Crippen LogP contribution in [-0.2, 0) is 23.9 Å². The molecule has 0 aliphatic rings. The molecular formula is C18H17F4N3O2. The second-order valence-corrected chi connectivity index (χ2v) is 5.87. The summed E-state index contributed by atoms with van der Waals surface area (Å²) in [5.74, 6) is -1.49. The number of nitrogens with one attached hydrogen (secondary N) is 1. The van der Waals surface area contributed by atoms with E-state index >= 15 is 0 Å². The van der Waals surface area contributed by atoms with Crippen molar-refractivity contribution >= 4 is 11.7 Å². The van der Waals surface area contributed by atoms with Crippen LogP contribution >= 0.6 is 0 Å². The first kappa shape index (κ1) is 20.5. The van der Waals surface area contributed by atoms with Crippen molar-refractivity contribution in [3.05, 3.63) is 58.4 Å². The maximum absolute atomic E-state index is 13.7. The Balaban J connectivity index is 2.15. The average molecular weight is 383 g/mol. The number of ketones is 1. The van der Waals surface area contributed by atoms with Gasteiger partial charge in [0.05, 0.1) is 12.0 Å². The van der Waals surface area contributed by atoms with Crippen LogP contribution in [0.3, 0.4) is 0 Å². The van der Waals surface area contributed by atoms with Crippen LogP contribution in [0.5, 0.6) is 0 Å². The fraction of sp³-hybridized carbons (Fsp3) is 0.333. The fourth-order valence-corrected chi connectivity index (χ4v) is 2.28. The summed E-state index contributed by atoms with van der Waals surface area (Å²) in [6, 6.07) is 3.35. The Morgan fingerprint density at radius 2 is 1.85 bits per heavy atom. The summed E-state index contributed by atoms with van der Waals surface area (Å²) >= 11 is 0. The summed E-state index contributed by atoms with van der Waals surface area (Å²) < 4.78 is 51.9. The highest BCUT2D eigenvalue weighted by Gasteiger charge is 2.31. The Hall–Kier alpha value is -2.84. The number of aryl methyl sites for hydroxylation is 1. The predicted molar refractivity (Wildman–Crippen MR) is 88.3 cm³/mol. The van der Waals surface area contributed by atoms with Crippen LogP contribution in [0.1, 0.15) is 46.5 Å². The van der Waals surface area contributed by atoms with Gasteiger partial charge in [0, 0.05) is 24.2 Å². The van der Waals surface area contributed by atoms with E-state index in [1.54, 1.807) is 13.8 Å². The van der Waals surface area contributed by atoms with Crippen LogP contribution in [0.4, 0.5) is 17.6 Å². The summed E-state index contributed by atoms with van der Waals surface area (Å²) in [6.45, 7) is 2.86.